The largest absolute Gasteiger partial charge is 0.394 e. The minimum atomic E-state index is 0.0608. The lowest BCUT2D eigenvalue weighted by Crippen LogP contribution is -2.47. The minimum absolute atomic E-state index is 0.0608. The average molecular weight is 171 g/mol. The van der Waals surface area contributed by atoms with Crippen molar-refractivity contribution < 1.29 is 5.11 Å². The third-order valence-electron chi connectivity index (χ3n) is 2.92. The second kappa shape index (κ2) is 4.83. The highest BCUT2D eigenvalue weighted by atomic mass is 16.3. The van der Waals surface area contributed by atoms with Gasteiger partial charge in [0.15, 0.2) is 0 Å². The molecular formula is C10H21NO. The maximum absolute atomic E-state index is 9.34. The lowest BCUT2D eigenvalue weighted by Gasteiger charge is -2.31. The molecule has 0 radical (unpaired) electrons. The fourth-order valence-electron chi connectivity index (χ4n) is 2.17. The first-order valence-electron chi connectivity index (χ1n) is 5.19. The number of hydrogen-bond donors (Lipinski definition) is 2. The van der Waals surface area contributed by atoms with Crippen LogP contribution in [-0.2, 0) is 0 Å². The second-order valence-corrected chi connectivity index (χ2v) is 3.88. The van der Waals surface area contributed by atoms with Gasteiger partial charge in [0.05, 0.1) is 6.61 Å². The summed E-state index contributed by atoms with van der Waals surface area (Å²) < 4.78 is 0. The minimum Gasteiger partial charge on any atom is -0.394 e. The highest BCUT2D eigenvalue weighted by Gasteiger charge is 2.28. The van der Waals surface area contributed by atoms with Gasteiger partial charge in [-0.1, -0.05) is 32.6 Å². The van der Waals surface area contributed by atoms with Crippen LogP contribution in [0.15, 0.2) is 0 Å². The topological polar surface area (TPSA) is 32.3 Å². The van der Waals surface area contributed by atoms with Crippen LogP contribution < -0.4 is 5.32 Å². The summed E-state index contributed by atoms with van der Waals surface area (Å²) in [5.74, 6) is 0. The Balaban J connectivity index is 2.48. The van der Waals surface area contributed by atoms with Crippen molar-refractivity contribution in [3.05, 3.63) is 0 Å². The smallest absolute Gasteiger partial charge is 0.0613 e. The third kappa shape index (κ3) is 2.46. The summed E-state index contributed by atoms with van der Waals surface area (Å²) in [7, 11) is 0. The van der Waals surface area contributed by atoms with E-state index in [0.29, 0.717) is 6.61 Å². The molecule has 0 aliphatic heterocycles. The first-order chi connectivity index (χ1) is 5.83. The van der Waals surface area contributed by atoms with Crippen molar-refractivity contribution in [1.82, 2.24) is 5.32 Å². The molecule has 1 aliphatic rings. The lowest BCUT2D eigenvalue weighted by atomic mass is 9.91. The fraction of sp³-hybridized carbons (Fsp3) is 1.00. The SMILES string of the molecule is CCNC1(CO)CCCCCC1. The summed E-state index contributed by atoms with van der Waals surface area (Å²) in [5.41, 5.74) is 0.0608. The number of aliphatic hydroxyl groups excluding tert-OH is 1. The molecule has 72 valence electrons. The van der Waals surface area contributed by atoms with Gasteiger partial charge in [-0.3, -0.25) is 0 Å². The molecule has 1 fully saturated rings. The van der Waals surface area contributed by atoms with Crippen LogP contribution >= 0.6 is 0 Å². The van der Waals surface area contributed by atoms with Gasteiger partial charge in [0, 0.05) is 5.54 Å². The van der Waals surface area contributed by atoms with Crippen molar-refractivity contribution in [3.63, 3.8) is 0 Å². The molecule has 2 N–H and O–H groups in total. The van der Waals surface area contributed by atoms with Crippen molar-refractivity contribution in [2.75, 3.05) is 13.2 Å². The van der Waals surface area contributed by atoms with E-state index in [1.165, 1.54) is 25.7 Å². The van der Waals surface area contributed by atoms with Gasteiger partial charge in [-0.2, -0.15) is 0 Å². The van der Waals surface area contributed by atoms with Gasteiger partial charge >= 0.3 is 0 Å². The van der Waals surface area contributed by atoms with Crippen LogP contribution in [-0.4, -0.2) is 23.8 Å². The normalized spacial score (nSPS) is 23.5. The Labute approximate surface area is 75.4 Å². The van der Waals surface area contributed by atoms with E-state index in [4.69, 9.17) is 0 Å². The Morgan fingerprint density at radius 1 is 1.17 bits per heavy atom. The lowest BCUT2D eigenvalue weighted by molar-refractivity contribution is 0.146. The monoisotopic (exact) mass is 171 g/mol. The molecule has 0 spiro atoms. The molecule has 0 aromatic heterocycles. The molecular weight excluding hydrogens is 150 g/mol. The molecule has 0 unspecified atom stereocenters. The van der Waals surface area contributed by atoms with E-state index >= 15 is 0 Å². The summed E-state index contributed by atoms with van der Waals surface area (Å²) >= 11 is 0. The highest BCUT2D eigenvalue weighted by Crippen LogP contribution is 2.26. The zero-order valence-electron chi connectivity index (χ0n) is 8.10. The molecule has 2 heteroatoms. The fourth-order valence-corrected chi connectivity index (χ4v) is 2.17. The molecule has 0 aromatic carbocycles. The molecule has 1 rings (SSSR count). The van der Waals surface area contributed by atoms with Crippen LogP contribution in [0.5, 0.6) is 0 Å². The van der Waals surface area contributed by atoms with Gasteiger partial charge in [-0.05, 0) is 19.4 Å². The molecule has 0 atom stereocenters. The Morgan fingerprint density at radius 2 is 1.75 bits per heavy atom. The predicted octanol–water partition coefficient (Wildman–Crippen LogP) is 1.68. The van der Waals surface area contributed by atoms with Gasteiger partial charge in [0.1, 0.15) is 0 Å². The Kier molecular flexibility index (Phi) is 4.02. The van der Waals surface area contributed by atoms with E-state index in [1.807, 2.05) is 0 Å². The van der Waals surface area contributed by atoms with Gasteiger partial charge in [0.25, 0.3) is 0 Å². The number of likely N-dealkylation sites (N-methyl/N-ethyl adjacent to an activating group) is 1. The number of rotatable bonds is 3. The van der Waals surface area contributed by atoms with Crippen molar-refractivity contribution in [3.8, 4) is 0 Å². The first kappa shape index (κ1) is 10.0. The number of hydrogen-bond acceptors (Lipinski definition) is 2. The van der Waals surface area contributed by atoms with E-state index in [0.717, 1.165) is 19.4 Å². The van der Waals surface area contributed by atoms with E-state index in [2.05, 4.69) is 12.2 Å². The van der Waals surface area contributed by atoms with Gasteiger partial charge in [-0.25, -0.2) is 0 Å². The van der Waals surface area contributed by atoms with Gasteiger partial charge in [0.2, 0.25) is 0 Å². The van der Waals surface area contributed by atoms with E-state index in [9.17, 15) is 5.11 Å². The van der Waals surface area contributed by atoms with Crippen molar-refractivity contribution in [2.45, 2.75) is 51.0 Å². The molecule has 0 saturated heterocycles. The summed E-state index contributed by atoms with van der Waals surface area (Å²) in [6, 6.07) is 0. The molecule has 0 heterocycles. The molecule has 0 bridgehead atoms. The average Bonchev–Trinajstić information content (AvgIpc) is 2.32. The summed E-state index contributed by atoms with van der Waals surface area (Å²) in [6.07, 6.45) is 7.52. The zero-order valence-corrected chi connectivity index (χ0v) is 8.10. The van der Waals surface area contributed by atoms with Crippen molar-refractivity contribution in [2.24, 2.45) is 0 Å². The molecule has 2 nitrogen and oxygen atoms in total. The molecule has 1 aliphatic carbocycles. The third-order valence-corrected chi connectivity index (χ3v) is 2.92. The van der Waals surface area contributed by atoms with Gasteiger partial charge < -0.3 is 10.4 Å². The van der Waals surface area contributed by atoms with Gasteiger partial charge in [-0.15, -0.1) is 0 Å². The Bertz CT molecular complexity index is 117. The predicted molar refractivity (Wildman–Crippen MR) is 51.2 cm³/mol. The van der Waals surface area contributed by atoms with E-state index in [-0.39, 0.29) is 5.54 Å². The van der Waals surface area contributed by atoms with Crippen molar-refractivity contribution in [1.29, 1.82) is 0 Å². The first-order valence-corrected chi connectivity index (χ1v) is 5.19. The molecule has 1 saturated carbocycles. The van der Waals surface area contributed by atoms with Crippen LogP contribution in [0.1, 0.15) is 45.4 Å². The maximum atomic E-state index is 9.34. The standard InChI is InChI=1S/C10H21NO/c1-2-11-10(9-12)7-5-3-4-6-8-10/h11-12H,2-9H2,1H3. The summed E-state index contributed by atoms with van der Waals surface area (Å²) in [6.45, 7) is 3.39. The van der Waals surface area contributed by atoms with Crippen LogP contribution in [0.4, 0.5) is 0 Å². The van der Waals surface area contributed by atoms with Crippen LogP contribution in [0.25, 0.3) is 0 Å². The quantitative estimate of drug-likeness (QED) is 0.633. The summed E-state index contributed by atoms with van der Waals surface area (Å²) in [4.78, 5) is 0. The van der Waals surface area contributed by atoms with E-state index in [1.54, 1.807) is 0 Å². The molecule has 0 amide bonds. The number of aliphatic hydroxyl groups is 1. The zero-order chi connectivity index (χ0) is 8.86. The van der Waals surface area contributed by atoms with Crippen LogP contribution in [0.2, 0.25) is 0 Å². The van der Waals surface area contributed by atoms with Crippen LogP contribution in [0.3, 0.4) is 0 Å². The number of nitrogens with one attached hydrogen (secondary N) is 1. The van der Waals surface area contributed by atoms with Crippen LogP contribution in [0, 0.1) is 0 Å². The molecule has 12 heavy (non-hydrogen) atoms. The Hall–Kier alpha value is -0.0800. The van der Waals surface area contributed by atoms with E-state index < -0.39 is 0 Å². The van der Waals surface area contributed by atoms with Crippen molar-refractivity contribution >= 4 is 0 Å². The highest BCUT2D eigenvalue weighted by molar-refractivity contribution is 4.88. The molecule has 0 aromatic rings. The maximum Gasteiger partial charge on any atom is 0.0613 e. The second-order valence-electron chi connectivity index (χ2n) is 3.88. The summed E-state index contributed by atoms with van der Waals surface area (Å²) in [5, 5.41) is 12.8. The Morgan fingerprint density at radius 3 is 2.17 bits per heavy atom.